The maximum Gasteiger partial charge on any atom is 0.244 e. The number of hydrogen-bond donors (Lipinski definition) is 1. The summed E-state index contributed by atoms with van der Waals surface area (Å²) in [5.41, 5.74) is 1.97. The highest BCUT2D eigenvalue weighted by Gasteiger charge is 2.15. The number of carbonyl (C=O) groups excluding carboxylic acids is 1. The Bertz CT molecular complexity index is 632. The molecule has 1 atom stereocenters. The van der Waals surface area contributed by atoms with Crippen LogP contribution < -0.4 is 5.32 Å². The first-order valence-electron chi connectivity index (χ1n) is 7.69. The van der Waals surface area contributed by atoms with E-state index < -0.39 is 0 Å². The Morgan fingerprint density at radius 3 is 2.74 bits per heavy atom. The van der Waals surface area contributed by atoms with Crippen LogP contribution in [0.2, 0.25) is 0 Å². The molecule has 0 aliphatic heterocycles. The summed E-state index contributed by atoms with van der Waals surface area (Å²) in [6, 6.07) is 7.65. The van der Waals surface area contributed by atoms with Gasteiger partial charge in [-0.05, 0) is 38.8 Å². The third kappa shape index (κ3) is 5.49. The van der Waals surface area contributed by atoms with Crippen molar-refractivity contribution in [3.63, 3.8) is 0 Å². The quantitative estimate of drug-likeness (QED) is 0.889. The highest BCUT2D eigenvalue weighted by molar-refractivity contribution is 5.79. The van der Waals surface area contributed by atoms with Crippen molar-refractivity contribution in [2.45, 2.75) is 52.5 Å². The van der Waals surface area contributed by atoms with Crippen LogP contribution in [0, 0.1) is 0 Å². The van der Waals surface area contributed by atoms with Gasteiger partial charge < -0.3 is 10.1 Å². The number of aromatic nitrogens is 3. The Morgan fingerprint density at radius 1 is 1.35 bits per heavy atom. The molecule has 0 aliphatic rings. The maximum absolute atomic E-state index is 12.1. The molecule has 23 heavy (non-hydrogen) atoms. The fraction of sp³-hybridized carbons (Fsp3) is 0.471. The van der Waals surface area contributed by atoms with E-state index in [1.165, 1.54) is 17.3 Å². The third-order valence-corrected chi connectivity index (χ3v) is 3.34. The second kappa shape index (κ2) is 7.37. The highest BCUT2D eigenvalue weighted by atomic mass is 16.5. The number of carbonyl (C=O) groups is 1. The number of hydrogen-bond acceptors (Lipinski definition) is 4. The van der Waals surface area contributed by atoms with E-state index in [-0.39, 0.29) is 17.6 Å². The first-order chi connectivity index (χ1) is 10.8. The number of rotatable bonds is 6. The molecule has 2 rings (SSSR count). The van der Waals surface area contributed by atoms with Crippen molar-refractivity contribution in [2.75, 3.05) is 0 Å². The summed E-state index contributed by atoms with van der Waals surface area (Å²) >= 11 is 0. The van der Waals surface area contributed by atoms with Crippen molar-refractivity contribution in [1.82, 2.24) is 20.1 Å². The molecule has 1 aromatic heterocycles. The zero-order valence-electron chi connectivity index (χ0n) is 14.1. The summed E-state index contributed by atoms with van der Waals surface area (Å²) in [6.07, 6.45) is 2.96. The van der Waals surface area contributed by atoms with Crippen LogP contribution in [-0.2, 0) is 22.7 Å². The Kier molecular flexibility index (Phi) is 5.50. The van der Waals surface area contributed by atoms with Crippen LogP contribution in [0.5, 0.6) is 0 Å². The molecule has 0 fully saturated rings. The van der Waals surface area contributed by atoms with Gasteiger partial charge in [0.1, 0.15) is 18.7 Å². The largest absolute Gasteiger partial charge is 0.371 e. The smallest absolute Gasteiger partial charge is 0.244 e. The molecule has 1 amide bonds. The van der Waals surface area contributed by atoms with Gasteiger partial charge in [0.15, 0.2) is 0 Å². The second-order valence-corrected chi connectivity index (χ2v) is 6.49. The molecule has 1 unspecified atom stereocenters. The van der Waals surface area contributed by atoms with Crippen molar-refractivity contribution in [2.24, 2.45) is 0 Å². The van der Waals surface area contributed by atoms with Crippen LogP contribution in [-0.4, -0.2) is 26.3 Å². The number of nitrogens with one attached hydrogen (secondary N) is 1. The van der Waals surface area contributed by atoms with Gasteiger partial charge in [-0.3, -0.25) is 4.79 Å². The van der Waals surface area contributed by atoms with Gasteiger partial charge >= 0.3 is 0 Å². The molecule has 1 heterocycles. The monoisotopic (exact) mass is 316 g/mol. The van der Waals surface area contributed by atoms with E-state index in [1.54, 1.807) is 6.92 Å². The molecule has 1 N–H and O–H groups in total. The van der Waals surface area contributed by atoms with Crippen LogP contribution in [0.1, 0.15) is 44.9 Å². The van der Waals surface area contributed by atoms with Crippen molar-refractivity contribution >= 4 is 5.91 Å². The fourth-order valence-electron chi connectivity index (χ4n) is 2.00. The molecular formula is C17H24N4O2. The standard InChI is InChI=1S/C17H24N4O2/c1-13(21-12-18-11-20-21)16(22)19-9-14-6-5-7-15(8-14)10-23-17(2,3)4/h5-8,11-13H,9-10H2,1-4H3,(H,19,22). The summed E-state index contributed by atoms with van der Waals surface area (Å²) in [7, 11) is 0. The highest BCUT2D eigenvalue weighted by Crippen LogP contribution is 2.13. The van der Waals surface area contributed by atoms with Crippen molar-refractivity contribution in [3.05, 3.63) is 48.0 Å². The number of ether oxygens (including phenoxy) is 1. The van der Waals surface area contributed by atoms with E-state index in [1.807, 2.05) is 45.0 Å². The molecule has 6 nitrogen and oxygen atoms in total. The minimum absolute atomic E-state index is 0.0909. The number of nitrogens with zero attached hydrogens (tertiary/aromatic N) is 3. The van der Waals surface area contributed by atoms with Crippen LogP contribution in [0.15, 0.2) is 36.9 Å². The molecule has 0 aliphatic carbocycles. The van der Waals surface area contributed by atoms with Gasteiger partial charge in [0.2, 0.25) is 5.91 Å². The summed E-state index contributed by atoms with van der Waals surface area (Å²) in [5.74, 6) is -0.0909. The van der Waals surface area contributed by atoms with E-state index in [4.69, 9.17) is 4.74 Å². The average molecular weight is 316 g/mol. The zero-order chi connectivity index (χ0) is 16.9. The average Bonchev–Trinajstić information content (AvgIpc) is 3.04. The minimum atomic E-state index is -0.384. The Balaban J connectivity index is 1.89. The van der Waals surface area contributed by atoms with Gasteiger partial charge in [0.05, 0.1) is 12.2 Å². The van der Waals surface area contributed by atoms with Crippen LogP contribution in [0.4, 0.5) is 0 Å². The van der Waals surface area contributed by atoms with E-state index in [2.05, 4.69) is 15.4 Å². The molecule has 0 saturated carbocycles. The number of benzene rings is 1. The second-order valence-electron chi connectivity index (χ2n) is 6.49. The molecule has 0 radical (unpaired) electrons. The normalized spacial score (nSPS) is 12.9. The van der Waals surface area contributed by atoms with Crippen LogP contribution in [0.3, 0.4) is 0 Å². The molecule has 0 spiro atoms. The molecule has 0 bridgehead atoms. The van der Waals surface area contributed by atoms with E-state index in [9.17, 15) is 4.79 Å². The molecule has 0 saturated heterocycles. The fourth-order valence-corrected chi connectivity index (χ4v) is 2.00. The summed E-state index contributed by atoms with van der Waals surface area (Å²) in [5, 5.41) is 6.90. The van der Waals surface area contributed by atoms with Crippen LogP contribution >= 0.6 is 0 Å². The van der Waals surface area contributed by atoms with Crippen molar-refractivity contribution in [3.8, 4) is 0 Å². The predicted molar refractivity (Wildman–Crippen MR) is 87.6 cm³/mol. The van der Waals surface area contributed by atoms with E-state index in [0.29, 0.717) is 13.2 Å². The Morgan fingerprint density at radius 2 is 2.09 bits per heavy atom. The predicted octanol–water partition coefficient (Wildman–Crippen LogP) is 2.47. The Hall–Kier alpha value is -2.21. The lowest BCUT2D eigenvalue weighted by Gasteiger charge is -2.19. The van der Waals surface area contributed by atoms with Gasteiger partial charge in [0, 0.05) is 6.54 Å². The van der Waals surface area contributed by atoms with Gasteiger partial charge in [-0.2, -0.15) is 5.10 Å². The van der Waals surface area contributed by atoms with Crippen LogP contribution in [0.25, 0.3) is 0 Å². The molecule has 124 valence electrons. The summed E-state index contributed by atoms with van der Waals surface area (Å²) in [6.45, 7) is 8.91. The maximum atomic E-state index is 12.1. The van der Waals surface area contributed by atoms with Gasteiger partial charge in [0.25, 0.3) is 0 Å². The van der Waals surface area contributed by atoms with E-state index in [0.717, 1.165) is 11.1 Å². The van der Waals surface area contributed by atoms with Crippen molar-refractivity contribution < 1.29 is 9.53 Å². The molecule has 1 aromatic carbocycles. The van der Waals surface area contributed by atoms with Crippen molar-refractivity contribution in [1.29, 1.82) is 0 Å². The Labute approximate surface area is 136 Å². The minimum Gasteiger partial charge on any atom is -0.371 e. The first-order valence-corrected chi connectivity index (χ1v) is 7.69. The van der Waals surface area contributed by atoms with Gasteiger partial charge in [-0.1, -0.05) is 24.3 Å². The first kappa shape index (κ1) is 17.1. The lowest BCUT2D eigenvalue weighted by atomic mass is 10.1. The lowest BCUT2D eigenvalue weighted by Crippen LogP contribution is -2.30. The number of amides is 1. The SMILES string of the molecule is CC(C(=O)NCc1cccc(COC(C)(C)C)c1)n1cncn1. The molecular weight excluding hydrogens is 292 g/mol. The van der Waals surface area contributed by atoms with E-state index >= 15 is 0 Å². The summed E-state index contributed by atoms with van der Waals surface area (Å²) < 4.78 is 7.31. The zero-order valence-corrected chi connectivity index (χ0v) is 14.1. The topological polar surface area (TPSA) is 69.0 Å². The van der Waals surface area contributed by atoms with Gasteiger partial charge in [-0.25, -0.2) is 9.67 Å². The van der Waals surface area contributed by atoms with Gasteiger partial charge in [-0.15, -0.1) is 0 Å². The molecule has 2 aromatic rings. The third-order valence-electron chi connectivity index (χ3n) is 3.34. The summed E-state index contributed by atoms with van der Waals surface area (Å²) in [4.78, 5) is 16.0. The lowest BCUT2D eigenvalue weighted by molar-refractivity contribution is -0.124. The molecule has 6 heteroatoms.